The van der Waals surface area contributed by atoms with E-state index in [1.54, 1.807) is 7.11 Å². The molecule has 2 rings (SSSR count). The van der Waals surface area contributed by atoms with Gasteiger partial charge in [-0.25, -0.2) is 0 Å². The van der Waals surface area contributed by atoms with Gasteiger partial charge in [0, 0.05) is 30.3 Å². The molecule has 4 nitrogen and oxygen atoms in total. The normalized spacial score (nSPS) is 11.4. The number of hydrogen-bond donors (Lipinski definition) is 2. The van der Waals surface area contributed by atoms with Crippen LogP contribution in [-0.2, 0) is 6.42 Å². The number of nitrogens with zero attached hydrogens (tertiary/aromatic N) is 1. The van der Waals surface area contributed by atoms with Crippen molar-refractivity contribution in [1.82, 2.24) is 9.88 Å². The van der Waals surface area contributed by atoms with Crippen molar-refractivity contribution in [3.8, 4) is 5.75 Å². The van der Waals surface area contributed by atoms with Gasteiger partial charge < -0.3 is 19.7 Å². The second kappa shape index (κ2) is 8.05. The Bertz CT molecular complexity index is 551. The molecule has 0 spiro atoms. The first-order valence-corrected chi connectivity index (χ1v) is 7.75. The van der Waals surface area contributed by atoms with E-state index in [2.05, 4.69) is 35.1 Å². The third-order valence-electron chi connectivity index (χ3n) is 4.00. The Labute approximate surface area is 126 Å². The molecule has 0 atom stereocenters. The number of fused-ring (bicyclic) bond motifs is 1. The zero-order chi connectivity index (χ0) is 15.1. The summed E-state index contributed by atoms with van der Waals surface area (Å²) in [5.74, 6) is 0.902. The van der Waals surface area contributed by atoms with E-state index in [0.29, 0.717) is 6.61 Å². The van der Waals surface area contributed by atoms with Crippen molar-refractivity contribution in [1.29, 1.82) is 0 Å². The molecule has 0 saturated carbocycles. The van der Waals surface area contributed by atoms with Gasteiger partial charge in [0.1, 0.15) is 5.75 Å². The largest absolute Gasteiger partial charge is 0.497 e. The fourth-order valence-corrected chi connectivity index (χ4v) is 2.65. The number of aliphatic hydroxyl groups excluding tert-OH is 1. The molecule has 1 heterocycles. The van der Waals surface area contributed by atoms with Crippen LogP contribution in [0.5, 0.6) is 5.75 Å². The number of likely N-dealkylation sites (N-methyl/N-ethyl adjacent to an activating group) is 1. The average molecular weight is 290 g/mol. The molecule has 0 saturated heterocycles. The number of H-pyrrole nitrogens is 1. The fraction of sp³-hybridized carbons (Fsp3) is 0.529. The molecule has 2 aromatic rings. The van der Waals surface area contributed by atoms with Crippen LogP contribution in [0.25, 0.3) is 10.9 Å². The Morgan fingerprint density at radius 2 is 2.10 bits per heavy atom. The van der Waals surface area contributed by atoms with Crippen molar-refractivity contribution in [2.24, 2.45) is 0 Å². The maximum absolute atomic E-state index is 8.87. The highest BCUT2D eigenvalue weighted by Gasteiger charge is 2.08. The minimum atomic E-state index is 0.291. The van der Waals surface area contributed by atoms with Crippen LogP contribution in [-0.4, -0.2) is 48.3 Å². The highest BCUT2D eigenvalue weighted by atomic mass is 16.5. The SMILES string of the molecule is CCN(CCCCO)CCc1c[nH]c2ccc(OC)cc12. The second-order valence-corrected chi connectivity index (χ2v) is 5.34. The Morgan fingerprint density at radius 3 is 2.81 bits per heavy atom. The molecule has 0 fully saturated rings. The number of benzene rings is 1. The summed E-state index contributed by atoms with van der Waals surface area (Å²) < 4.78 is 5.31. The molecule has 0 amide bonds. The summed E-state index contributed by atoms with van der Waals surface area (Å²) in [6.45, 7) is 5.64. The first kappa shape index (κ1) is 15.9. The lowest BCUT2D eigenvalue weighted by atomic mass is 10.1. The molecule has 0 aliphatic rings. The average Bonchev–Trinajstić information content (AvgIpc) is 2.93. The predicted molar refractivity (Wildman–Crippen MR) is 87.0 cm³/mol. The number of nitrogens with one attached hydrogen (secondary N) is 1. The number of aromatic nitrogens is 1. The minimum Gasteiger partial charge on any atom is -0.497 e. The molecule has 0 radical (unpaired) electrons. The van der Waals surface area contributed by atoms with Crippen LogP contribution in [0.3, 0.4) is 0 Å². The van der Waals surface area contributed by atoms with E-state index < -0.39 is 0 Å². The van der Waals surface area contributed by atoms with Crippen LogP contribution in [0.4, 0.5) is 0 Å². The first-order valence-electron chi connectivity index (χ1n) is 7.75. The van der Waals surface area contributed by atoms with Crippen LogP contribution < -0.4 is 4.74 Å². The number of methoxy groups -OCH3 is 1. The Balaban J connectivity index is 1.98. The van der Waals surface area contributed by atoms with Crippen molar-refractivity contribution in [2.75, 3.05) is 33.4 Å². The first-order chi connectivity index (χ1) is 10.3. The van der Waals surface area contributed by atoms with Gasteiger partial charge in [-0.15, -0.1) is 0 Å². The van der Waals surface area contributed by atoms with Crippen molar-refractivity contribution in [2.45, 2.75) is 26.2 Å². The molecule has 116 valence electrons. The van der Waals surface area contributed by atoms with Gasteiger partial charge in [0.25, 0.3) is 0 Å². The zero-order valence-corrected chi connectivity index (χ0v) is 13.1. The van der Waals surface area contributed by atoms with E-state index in [9.17, 15) is 0 Å². The third-order valence-corrected chi connectivity index (χ3v) is 4.00. The molecule has 1 aromatic carbocycles. The van der Waals surface area contributed by atoms with Gasteiger partial charge in [0.2, 0.25) is 0 Å². The van der Waals surface area contributed by atoms with E-state index in [-0.39, 0.29) is 0 Å². The van der Waals surface area contributed by atoms with Crippen molar-refractivity contribution >= 4 is 10.9 Å². The molecule has 2 N–H and O–H groups in total. The van der Waals surface area contributed by atoms with E-state index in [4.69, 9.17) is 9.84 Å². The molecule has 0 aliphatic carbocycles. The van der Waals surface area contributed by atoms with Crippen LogP contribution in [0.1, 0.15) is 25.3 Å². The third kappa shape index (κ3) is 4.22. The Kier molecular flexibility index (Phi) is 6.08. The van der Waals surface area contributed by atoms with Gasteiger partial charge in [-0.3, -0.25) is 0 Å². The predicted octanol–water partition coefficient (Wildman–Crippen LogP) is 2.81. The minimum absolute atomic E-state index is 0.291. The lowest BCUT2D eigenvalue weighted by molar-refractivity contribution is 0.249. The topological polar surface area (TPSA) is 48.5 Å². The molecule has 0 aliphatic heterocycles. The molecule has 4 heteroatoms. The van der Waals surface area contributed by atoms with Crippen molar-refractivity contribution in [3.63, 3.8) is 0 Å². The second-order valence-electron chi connectivity index (χ2n) is 5.34. The summed E-state index contributed by atoms with van der Waals surface area (Å²) in [7, 11) is 1.70. The van der Waals surface area contributed by atoms with Gasteiger partial charge in [-0.05, 0) is 56.1 Å². The molecule has 21 heavy (non-hydrogen) atoms. The maximum Gasteiger partial charge on any atom is 0.119 e. The Morgan fingerprint density at radius 1 is 1.24 bits per heavy atom. The summed E-state index contributed by atoms with van der Waals surface area (Å²) >= 11 is 0. The van der Waals surface area contributed by atoms with Crippen LogP contribution in [0, 0.1) is 0 Å². The van der Waals surface area contributed by atoms with E-state index in [1.165, 1.54) is 10.9 Å². The summed E-state index contributed by atoms with van der Waals surface area (Å²) in [6.07, 6.45) is 5.08. The highest BCUT2D eigenvalue weighted by Crippen LogP contribution is 2.24. The number of unbranched alkanes of at least 4 members (excludes halogenated alkanes) is 1. The van der Waals surface area contributed by atoms with Crippen molar-refractivity contribution < 1.29 is 9.84 Å². The summed E-state index contributed by atoms with van der Waals surface area (Å²) in [6, 6.07) is 6.15. The van der Waals surface area contributed by atoms with Crippen molar-refractivity contribution in [3.05, 3.63) is 30.0 Å². The quantitative estimate of drug-likeness (QED) is 0.698. The number of hydrogen-bond acceptors (Lipinski definition) is 3. The number of ether oxygens (including phenoxy) is 1. The van der Waals surface area contributed by atoms with Crippen LogP contribution in [0.15, 0.2) is 24.4 Å². The van der Waals surface area contributed by atoms with Gasteiger partial charge in [-0.1, -0.05) is 6.92 Å². The van der Waals surface area contributed by atoms with Gasteiger partial charge in [-0.2, -0.15) is 0 Å². The Hall–Kier alpha value is -1.52. The molecule has 1 aromatic heterocycles. The van der Waals surface area contributed by atoms with Gasteiger partial charge >= 0.3 is 0 Å². The summed E-state index contributed by atoms with van der Waals surface area (Å²) in [5, 5.41) is 10.1. The monoisotopic (exact) mass is 290 g/mol. The summed E-state index contributed by atoms with van der Waals surface area (Å²) in [5.41, 5.74) is 2.50. The highest BCUT2D eigenvalue weighted by molar-refractivity contribution is 5.84. The van der Waals surface area contributed by atoms with E-state index in [0.717, 1.165) is 50.2 Å². The lowest BCUT2D eigenvalue weighted by Gasteiger charge is -2.19. The standard InChI is InChI=1S/C17H26N2O2/c1-3-19(9-4-5-11-20)10-8-14-13-18-17-7-6-15(21-2)12-16(14)17/h6-7,12-13,18,20H,3-5,8-11H2,1-2H3. The molecule has 0 bridgehead atoms. The number of aromatic amines is 1. The van der Waals surface area contributed by atoms with Crippen LogP contribution >= 0.6 is 0 Å². The molecule has 0 unspecified atom stereocenters. The molecular formula is C17H26N2O2. The zero-order valence-electron chi connectivity index (χ0n) is 13.1. The van der Waals surface area contributed by atoms with Crippen LogP contribution in [0.2, 0.25) is 0 Å². The van der Waals surface area contributed by atoms with E-state index >= 15 is 0 Å². The molecular weight excluding hydrogens is 264 g/mol. The number of aliphatic hydroxyl groups is 1. The number of rotatable bonds is 9. The lowest BCUT2D eigenvalue weighted by Crippen LogP contribution is -2.27. The summed E-state index contributed by atoms with van der Waals surface area (Å²) in [4.78, 5) is 5.77. The maximum atomic E-state index is 8.87. The van der Waals surface area contributed by atoms with Gasteiger partial charge in [0.15, 0.2) is 0 Å². The van der Waals surface area contributed by atoms with E-state index in [1.807, 2.05) is 6.07 Å². The van der Waals surface area contributed by atoms with Gasteiger partial charge in [0.05, 0.1) is 7.11 Å². The fourth-order valence-electron chi connectivity index (χ4n) is 2.65. The smallest absolute Gasteiger partial charge is 0.119 e.